The molecule has 0 spiro atoms. The van der Waals surface area contributed by atoms with Crippen molar-refractivity contribution in [3.8, 4) is 0 Å². The predicted octanol–water partition coefficient (Wildman–Crippen LogP) is 3.95. The highest BCUT2D eigenvalue weighted by Gasteiger charge is 2.24. The lowest BCUT2D eigenvalue weighted by Crippen LogP contribution is -2.35. The normalized spacial score (nSPS) is 29.3. The number of likely N-dealkylation sites (tertiary alicyclic amines) is 1. The summed E-state index contributed by atoms with van der Waals surface area (Å²) in [5, 5.41) is 0. The van der Waals surface area contributed by atoms with Gasteiger partial charge in [0.05, 0.1) is 14.2 Å². The maximum absolute atomic E-state index is 5.42. The Morgan fingerprint density at radius 2 is 1.82 bits per heavy atom. The summed E-state index contributed by atoms with van der Waals surface area (Å²) in [6.45, 7) is 9.03. The number of aliphatic imine (C=N–C) groups is 1. The van der Waals surface area contributed by atoms with Gasteiger partial charge in [0.15, 0.2) is 0 Å². The van der Waals surface area contributed by atoms with Gasteiger partial charge in [0.25, 0.3) is 0 Å². The zero-order chi connectivity index (χ0) is 16.1. The largest absolute Gasteiger partial charge is 0.501 e. The van der Waals surface area contributed by atoms with Crippen molar-refractivity contribution in [3.63, 3.8) is 0 Å². The molecule has 0 unspecified atom stereocenters. The SMILES string of the molecule is CO/C1=C/C(OC)=N\C(N2CCC(C(C)C)CC2)=C(\C)CC1. The van der Waals surface area contributed by atoms with Crippen LogP contribution in [0.5, 0.6) is 0 Å². The smallest absolute Gasteiger partial charge is 0.218 e. The van der Waals surface area contributed by atoms with E-state index < -0.39 is 0 Å². The van der Waals surface area contributed by atoms with E-state index in [4.69, 9.17) is 14.5 Å². The Labute approximate surface area is 134 Å². The third-order valence-electron chi connectivity index (χ3n) is 4.88. The topological polar surface area (TPSA) is 34.1 Å². The van der Waals surface area contributed by atoms with Crippen LogP contribution in [0.4, 0.5) is 0 Å². The average molecular weight is 306 g/mol. The highest BCUT2D eigenvalue weighted by molar-refractivity contribution is 5.89. The first-order valence-electron chi connectivity index (χ1n) is 8.37. The first kappa shape index (κ1) is 16.9. The zero-order valence-corrected chi connectivity index (χ0v) is 14.7. The van der Waals surface area contributed by atoms with Gasteiger partial charge in [-0.25, -0.2) is 0 Å². The maximum atomic E-state index is 5.42. The summed E-state index contributed by atoms with van der Waals surface area (Å²) in [6.07, 6.45) is 6.31. The summed E-state index contributed by atoms with van der Waals surface area (Å²) in [6, 6.07) is 0. The highest BCUT2D eigenvalue weighted by atomic mass is 16.5. The first-order chi connectivity index (χ1) is 10.5. The summed E-state index contributed by atoms with van der Waals surface area (Å²) in [4.78, 5) is 7.20. The Hall–Kier alpha value is -1.45. The fourth-order valence-electron chi connectivity index (χ4n) is 3.25. The summed E-state index contributed by atoms with van der Waals surface area (Å²) < 4.78 is 10.8. The van der Waals surface area contributed by atoms with E-state index in [1.165, 1.54) is 18.4 Å². The monoisotopic (exact) mass is 306 g/mol. The second-order valence-electron chi connectivity index (χ2n) is 6.64. The molecular weight excluding hydrogens is 276 g/mol. The van der Waals surface area contributed by atoms with E-state index in [1.807, 2.05) is 6.08 Å². The van der Waals surface area contributed by atoms with Gasteiger partial charge in [-0.05, 0) is 43.6 Å². The van der Waals surface area contributed by atoms with Crippen molar-refractivity contribution < 1.29 is 9.47 Å². The van der Waals surface area contributed by atoms with Gasteiger partial charge in [0.2, 0.25) is 5.90 Å². The number of ether oxygens (including phenoxy) is 2. The fourth-order valence-corrected chi connectivity index (χ4v) is 3.25. The van der Waals surface area contributed by atoms with Crippen molar-refractivity contribution in [2.45, 2.75) is 46.5 Å². The van der Waals surface area contributed by atoms with Crippen LogP contribution in [0, 0.1) is 11.8 Å². The van der Waals surface area contributed by atoms with Gasteiger partial charge in [-0.3, -0.25) is 0 Å². The third kappa shape index (κ3) is 4.05. The van der Waals surface area contributed by atoms with Gasteiger partial charge >= 0.3 is 0 Å². The molecule has 2 rings (SSSR count). The van der Waals surface area contributed by atoms with Gasteiger partial charge in [0, 0.05) is 25.6 Å². The van der Waals surface area contributed by atoms with Crippen LogP contribution in [-0.2, 0) is 9.47 Å². The molecule has 4 heteroatoms. The van der Waals surface area contributed by atoms with E-state index >= 15 is 0 Å². The Morgan fingerprint density at radius 1 is 1.14 bits per heavy atom. The van der Waals surface area contributed by atoms with E-state index in [-0.39, 0.29) is 0 Å². The minimum Gasteiger partial charge on any atom is -0.501 e. The van der Waals surface area contributed by atoms with Crippen LogP contribution in [0.15, 0.2) is 28.2 Å². The minimum absolute atomic E-state index is 0.636. The van der Waals surface area contributed by atoms with E-state index in [9.17, 15) is 0 Å². The molecular formula is C18H30N2O2. The van der Waals surface area contributed by atoms with E-state index in [2.05, 4.69) is 25.7 Å². The van der Waals surface area contributed by atoms with Crippen LogP contribution in [0.25, 0.3) is 0 Å². The third-order valence-corrected chi connectivity index (χ3v) is 4.88. The highest BCUT2D eigenvalue weighted by Crippen LogP contribution is 2.29. The molecule has 0 atom stereocenters. The molecule has 0 radical (unpaired) electrons. The molecule has 0 amide bonds. The Bertz CT molecular complexity index is 469. The molecule has 0 N–H and O–H groups in total. The molecule has 0 aromatic carbocycles. The number of nitrogens with zero attached hydrogens (tertiary/aromatic N) is 2. The van der Waals surface area contributed by atoms with Crippen LogP contribution in [0.1, 0.15) is 46.5 Å². The average Bonchev–Trinajstić information content (AvgIpc) is 2.52. The molecule has 0 bridgehead atoms. The number of hydrogen-bond donors (Lipinski definition) is 0. The second-order valence-corrected chi connectivity index (χ2v) is 6.64. The van der Waals surface area contributed by atoms with Crippen molar-refractivity contribution >= 4 is 5.90 Å². The molecule has 124 valence electrons. The Balaban J connectivity index is 2.18. The van der Waals surface area contributed by atoms with Crippen LogP contribution in [0.2, 0.25) is 0 Å². The van der Waals surface area contributed by atoms with Crippen molar-refractivity contribution in [1.29, 1.82) is 0 Å². The van der Waals surface area contributed by atoms with Gasteiger partial charge in [0.1, 0.15) is 11.6 Å². The summed E-state index contributed by atoms with van der Waals surface area (Å²) in [5.74, 6) is 4.29. The number of rotatable bonds is 3. The van der Waals surface area contributed by atoms with Crippen molar-refractivity contribution in [1.82, 2.24) is 4.90 Å². The predicted molar refractivity (Wildman–Crippen MR) is 90.6 cm³/mol. The first-order valence-corrected chi connectivity index (χ1v) is 8.37. The van der Waals surface area contributed by atoms with Gasteiger partial charge in [-0.2, -0.15) is 4.99 Å². The number of piperidine rings is 1. The summed E-state index contributed by atoms with van der Waals surface area (Å²) >= 11 is 0. The molecule has 0 aliphatic carbocycles. The summed E-state index contributed by atoms with van der Waals surface area (Å²) in [5.41, 5.74) is 1.32. The molecule has 0 aromatic heterocycles. The van der Waals surface area contributed by atoms with Gasteiger partial charge < -0.3 is 14.4 Å². The molecule has 2 aliphatic heterocycles. The van der Waals surface area contributed by atoms with Crippen molar-refractivity contribution in [2.24, 2.45) is 16.8 Å². The quantitative estimate of drug-likeness (QED) is 0.791. The summed E-state index contributed by atoms with van der Waals surface area (Å²) in [7, 11) is 3.37. The van der Waals surface area contributed by atoms with Crippen molar-refractivity contribution in [2.75, 3.05) is 27.3 Å². The fraction of sp³-hybridized carbons (Fsp3) is 0.722. The number of methoxy groups -OCH3 is 2. The molecule has 0 saturated carbocycles. The Kier molecular flexibility index (Phi) is 5.92. The second kappa shape index (κ2) is 7.70. The minimum atomic E-state index is 0.636. The number of allylic oxidation sites excluding steroid dienone is 2. The van der Waals surface area contributed by atoms with Gasteiger partial charge in [-0.1, -0.05) is 13.8 Å². The standard InChI is InChI=1S/C18H30N2O2/c1-13(2)15-8-10-20(11-9-15)18-14(3)6-7-16(21-4)12-17(19-18)22-5/h12-13,15H,6-11H2,1-5H3/b16-12+,18-14+,19-17+. The Morgan fingerprint density at radius 3 is 2.36 bits per heavy atom. The maximum Gasteiger partial charge on any atom is 0.218 e. The van der Waals surface area contributed by atoms with E-state index in [1.54, 1.807) is 14.2 Å². The van der Waals surface area contributed by atoms with Crippen LogP contribution >= 0.6 is 0 Å². The van der Waals surface area contributed by atoms with Crippen molar-refractivity contribution in [3.05, 3.63) is 23.2 Å². The zero-order valence-electron chi connectivity index (χ0n) is 14.7. The molecule has 0 aromatic rings. The van der Waals surface area contributed by atoms with Crippen LogP contribution in [0.3, 0.4) is 0 Å². The van der Waals surface area contributed by atoms with Gasteiger partial charge in [-0.15, -0.1) is 0 Å². The molecule has 2 heterocycles. The van der Waals surface area contributed by atoms with Crippen LogP contribution < -0.4 is 0 Å². The molecule has 1 saturated heterocycles. The molecule has 1 fully saturated rings. The molecule has 2 aliphatic rings. The lowest BCUT2D eigenvalue weighted by Gasteiger charge is -2.36. The lowest BCUT2D eigenvalue weighted by atomic mass is 9.86. The van der Waals surface area contributed by atoms with E-state index in [0.29, 0.717) is 5.90 Å². The molecule has 22 heavy (non-hydrogen) atoms. The lowest BCUT2D eigenvalue weighted by molar-refractivity contribution is 0.187. The molecule has 4 nitrogen and oxygen atoms in total. The van der Waals surface area contributed by atoms with E-state index in [0.717, 1.165) is 49.3 Å². The van der Waals surface area contributed by atoms with Crippen LogP contribution in [-0.4, -0.2) is 38.1 Å². The number of hydrogen-bond acceptors (Lipinski definition) is 4.